The summed E-state index contributed by atoms with van der Waals surface area (Å²) < 4.78 is 0. The maximum Gasteiger partial charge on any atom is 4.00 e. The summed E-state index contributed by atoms with van der Waals surface area (Å²) in [6.45, 7) is 14.0. The van der Waals surface area contributed by atoms with Crippen LogP contribution in [0.5, 0.6) is 0 Å². The van der Waals surface area contributed by atoms with Gasteiger partial charge in [0.05, 0.1) is 8.07 Å². The van der Waals surface area contributed by atoms with E-state index < -0.39 is 8.07 Å². The molecule has 0 aliphatic carbocycles. The number of benzene rings is 1. The topological polar surface area (TPSA) is 0 Å². The van der Waals surface area contributed by atoms with Gasteiger partial charge in [-0.3, -0.25) is 0 Å². The molecule has 0 aliphatic rings. The van der Waals surface area contributed by atoms with Gasteiger partial charge in [-0.25, -0.2) is 0 Å². The van der Waals surface area contributed by atoms with Crippen LogP contribution in [0, 0.1) is 27.7 Å². The summed E-state index contributed by atoms with van der Waals surface area (Å²) in [6.07, 6.45) is 0. The molecule has 0 unspecified atom stereocenters. The van der Waals surface area contributed by atoms with Crippen LogP contribution in [-0.4, -0.2) is 8.07 Å². The minimum absolute atomic E-state index is 0. The standard InChI is InChI=1S/C17H23Si.3ClH.Ti/c1-12-13(2)15(4)17(14(12)3)18(5,6)16-10-8-7-9-11-16;;;;/h7-11H,1-6H3;3*1H;/q-1;;;;+4/p-3. The molecule has 0 fully saturated rings. The third kappa shape index (κ3) is 4.69. The van der Waals surface area contributed by atoms with E-state index in [1.54, 1.807) is 5.19 Å². The Labute approximate surface area is 170 Å². The molecule has 0 nitrogen and oxygen atoms in total. The molecule has 120 valence electrons. The van der Waals surface area contributed by atoms with E-state index in [2.05, 4.69) is 71.1 Å². The predicted octanol–water partition coefficient (Wildman–Crippen LogP) is -5.53. The molecule has 0 N–H and O–H groups in total. The zero-order valence-corrected chi connectivity index (χ0v) is 18.8. The van der Waals surface area contributed by atoms with Gasteiger partial charge in [0.2, 0.25) is 0 Å². The molecule has 0 aromatic heterocycles. The van der Waals surface area contributed by atoms with Crippen LogP contribution in [0.3, 0.4) is 0 Å². The Bertz CT molecular complexity index is 552. The van der Waals surface area contributed by atoms with Crippen molar-refractivity contribution in [3.63, 3.8) is 0 Å². The van der Waals surface area contributed by atoms with Crippen molar-refractivity contribution in [3.8, 4) is 0 Å². The third-order valence-electron chi connectivity index (χ3n) is 4.56. The second kappa shape index (κ2) is 10.3. The van der Waals surface area contributed by atoms with Gasteiger partial charge in [-0.1, -0.05) is 76.3 Å². The molecule has 2 aromatic rings. The number of hydrogen-bond donors (Lipinski definition) is 0. The van der Waals surface area contributed by atoms with Crippen molar-refractivity contribution in [1.82, 2.24) is 0 Å². The van der Waals surface area contributed by atoms with E-state index in [4.69, 9.17) is 0 Å². The van der Waals surface area contributed by atoms with Gasteiger partial charge < -0.3 is 37.2 Å². The van der Waals surface area contributed by atoms with Crippen LogP contribution in [0.1, 0.15) is 22.3 Å². The fourth-order valence-corrected chi connectivity index (χ4v) is 6.72. The molecular weight excluding hydrogens is 386 g/mol. The Morgan fingerprint density at radius 3 is 1.45 bits per heavy atom. The molecule has 0 radical (unpaired) electrons. The monoisotopic (exact) mass is 408 g/mol. The van der Waals surface area contributed by atoms with Crippen molar-refractivity contribution in [2.75, 3.05) is 0 Å². The van der Waals surface area contributed by atoms with Crippen LogP contribution >= 0.6 is 0 Å². The Balaban J connectivity index is -0.000000902. The maximum atomic E-state index is 2.47. The molecule has 0 atom stereocenters. The molecule has 2 rings (SSSR count). The minimum Gasteiger partial charge on any atom is -1.00 e. The van der Waals surface area contributed by atoms with Crippen molar-refractivity contribution in [2.45, 2.75) is 40.8 Å². The summed E-state index contributed by atoms with van der Waals surface area (Å²) in [7, 11) is -1.56. The van der Waals surface area contributed by atoms with Gasteiger partial charge in [-0.2, -0.15) is 22.3 Å². The summed E-state index contributed by atoms with van der Waals surface area (Å²) in [5.41, 5.74) is 6.01. The first-order valence-electron chi connectivity index (χ1n) is 6.66. The first-order chi connectivity index (χ1) is 8.37. The second-order valence-corrected chi connectivity index (χ2v) is 10.2. The Morgan fingerprint density at radius 1 is 0.727 bits per heavy atom. The molecule has 0 aliphatic heterocycles. The third-order valence-corrected chi connectivity index (χ3v) is 8.33. The van der Waals surface area contributed by atoms with Gasteiger partial charge in [0.1, 0.15) is 0 Å². The van der Waals surface area contributed by atoms with Crippen molar-refractivity contribution in [2.24, 2.45) is 0 Å². The quantitative estimate of drug-likeness (QED) is 0.343. The van der Waals surface area contributed by atoms with Crippen molar-refractivity contribution in [1.29, 1.82) is 0 Å². The summed E-state index contributed by atoms with van der Waals surface area (Å²) in [5.74, 6) is 0. The smallest absolute Gasteiger partial charge is 1.00 e. The molecule has 0 amide bonds. The van der Waals surface area contributed by atoms with E-state index in [9.17, 15) is 0 Å². The average Bonchev–Trinajstić information content (AvgIpc) is 2.55. The first kappa shape index (κ1) is 27.2. The number of hydrogen-bond acceptors (Lipinski definition) is 0. The molecule has 5 heteroatoms. The molecule has 0 spiro atoms. The van der Waals surface area contributed by atoms with Gasteiger partial charge in [-0.05, 0) is 0 Å². The van der Waals surface area contributed by atoms with Gasteiger partial charge in [0.15, 0.2) is 0 Å². The largest absolute Gasteiger partial charge is 4.00 e. The molecular formula is C17H23Cl3SiTi. The molecule has 0 saturated heterocycles. The summed E-state index contributed by atoms with van der Waals surface area (Å²) in [4.78, 5) is 0. The predicted molar refractivity (Wildman–Crippen MR) is 84.2 cm³/mol. The van der Waals surface area contributed by atoms with E-state index in [1.807, 2.05) is 0 Å². The fraction of sp³-hybridized carbons (Fsp3) is 0.353. The zero-order valence-electron chi connectivity index (χ0n) is 14.0. The normalized spacial score (nSPS) is 9.73. The number of rotatable bonds is 2. The van der Waals surface area contributed by atoms with Crippen molar-refractivity contribution in [3.05, 3.63) is 52.6 Å². The average molecular weight is 410 g/mol. The molecule has 2 aromatic carbocycles. The van der Waals surface area contributed by atoms with Gasteiger partial charge in [0.25, 0.3) is 0 Å². The van der Waals surface area contributed by atoms with Crippen LogP contribution in [0.15, 0.2) is 30.3 Å². The first-order valence-corrected chi connectivity index (χ1v) is 9.66. The van der Waals surface area contributed by atoms with Crippen molar-refractivity contribution < 1.29 is 58.9 Å². The van der Waals surface area contributed by atoms with Crippen LogP contribution in [0.2, 0.25) is 13.1 Å². The molecule has 0 heterocycles. The SMILES string of the molecule is Cc1c(C)c(C)[c-]([Si](C)(C)c2ccccc2)c1C.[Cl-].[Cl-].[Cl-].[Ti+4]. The summed E-state index contributed by atoms with van der Waals surface area (Å²) in [6, 6.07) is 11.0. The summed E-state index contributed by atoms with van der Waals surface area (Å²) >= 11 is 0. The van der Waals surface area contributed by atoms with Gasteiger partial charge in [-0.15, -0.1) is 5.19 Å². The Morgan fingerprint density at radius 2 is 1.09 bits per heavy atom. The van der Waals surface area contributed by atoms with Crippen molar-refractivity contribution >= 4 is 18.4 Å². The van der Waals surface area contributed by atoms with E-state index in [1.165, 1.54) is 27.4 Å². The van der Waals surface area contributed by atoms with Crippen LogP contribution in [0.4, 0.5) is 0 Å². The van der Waals surface area contributed by atoms with E-state index in [0.29, 0.717) is 0 Å². The molecule has 22 heavy (non-hydrogen) atoms. The maximum absolute atomic E-state index is 2.47. The van der Waals surface area contributed by atoms with Crippen LogP contribution in [-0.2, 0) is 21.7 Å². The van der Waals surface area contributed by atoms with E-state index in [0.717, 1.165) is 0 Å². The second-order valence-electron chi connectivity index (χ2n) is 5.87. The molecule has 0 saturated carbocycles. The van der Waals surface area contributed by atoms with Gasteiger partial charge in [0, 0.05) is 0 Å². The zero-order chi connectivity index (χ0) is 13.5. The van der Waals surface area contributed by atoms with Crippen LogP contribution in [0.25, 0.3) is 0 Å². The van der Waals surface area contributed by atoms with E-state index >= 15 is 0 Å². The Hall–Kier alpha value is 0.371. The molecule has 0 bridgehead atoms. The number of halogens is 3. The van der Waals surface area contributed by atoms with Gasteiger partial charge >= 0.3 is 21.7 Å². The van der Waals surface area contributed by atoms with Crippen LogP contribution < -0.4 is 47.6 Å². The minimum atomic E-state index is -1.56. The van der Waals surface area contributed by atoms with E-state index in [-0.39, 0.29) is 58.9 Å². The summed E-state index contributed by atoms with van der Waals surface area (Å²) in [5, 5.41) is 3.17. The fourth-order valence-electron chi connectivity index (χ4n) is 3.16. The Kier molecular flexibility index (Phi) is 12.7.